The summed E-state index contributed by atoms with van der Waals surface area (Å²) in [4.78, 5) is 2.54. The summed E-state index contributed by atoms with van der Waals surface area (Å²) in [5.74, 6) is 8.37. The first-order valence-corrected chi connectivity index (χ1v) is 6.27. The zero-order valence-electron chi connectivity index (χ0n) is 10.6. The molecule has 0 aromatic carbocycles. The zero-order valence-corrected chi connectivity index (χ0v) is 10.6. The normalized spacial score (nSPS) is 19.6. The molecule has 0 amide bonds. The molecule has 92 valence electrons. The molecular weight excluding hydrogens is 198 g/mol. The predicted octanol–water partition coefficient (Wildman–Crippen LogP) is 1.50. The minimum atomic E-state index is 0.125. The molecule has 0 bridgehead atoms. The Hall–Kier alpha value is -0.560. The molecule has 1 atom stereocenters. The van der Waals surface area contributed by atoms with Gasteiger partial charge in [-0.15, -0.1) is 12.3 Å². The highest BCUT2D eigenvalue weighted by atomic mass is 15.3. The van der Waals surface area contributed by atoms with Crippen molar-refractivity contribution in [1.29, 1.82) is 0 Å². The molecule has 1 saturated heterocycles. The number of unbranched alkanes of at least 4 members (excludes halogenated alkanes) is 1. The molecule has 1 fully saturated rings. The molecule has 1 heterocycles. The van der Waals surface area contributed by atoms with Crippen molar-refractivity contribution < 1.29 is 0 Å². The Bertz CT molecular complexity index is 236. The summed E-state index contributed by atoms with van der Waals surface area (Å²) >= 11 is 0. The van der Waals surface area contributed by atoms with Gasteiger partial charge in [-0.1, -0.05) is 0 Å². The highest BCUT2D eigenvalue weighted by Gasteiger charge is 2.35. The van der Waals surface area contributed by atoms with E-state index in [1.165, 1.54) is 25.9 Å². The summed E-state index contributed by atoms with van der Waals surface area (Å²) in [6.45, 7) is 6.94. The van der Waals surface area contributed by atoms with Gasteiger partial charge in [0.1, 0.15) is 0 Å². The summed E-state index contributed by atoms with van der Waals surface area (Å²) in [5.41, 5.74) is 3.09. The van der Waals surface area contributed by atoms with Gasteiger partial charge in [0.05, 0.1) is 0 Å². The Morgan fingerprint density at radius 1 is 1.44 bits per heavy atom. The number of nitrogens with two attached hydrogens (primary N) is 1. The van der Waals surface area contributed by atoms with Crippen molar-refractivity contribution in [2.75, 3.05) is 13.1 Å². The van der Waals surface area contributed by atoms with Crippen LogP contribution in [0.5, 0.6) is 0 Å². The summed E-state index contributed by atoms with van der Waals surface area (Å²) in [5, 5.41) is 0. The Balaban J connectivity index is 2.51. The van der Waals surface area contributed by atoms with E-state index in [1.54, 1.807) is 0 Å². The second-order valence-electron chi connectivity index (χ2n) is 5.16. The average molecular weight is 223 g/mol. The van der Waals surface area contributed by atoms with Crippen LogP contribution in [0.1, 0.15) is 46.0 Å². The average Bonchev–Trinajstić information content (AvgIpc) is 2.78. The highest BCUT2D eigenvalue weighted by molar-refractivity contribution is 4.95. The number of nitrogens with one attached hydrogen (secondary N) is 1. The summed E-state index contributed by atoms with van der Waals surface area (Å²) in [6.07, 6.45) is 10.8. The molecule has 3 N–H and O–H groups in total. The number of hydrazine groups is 1. The molecule has 0 aromatic heterocycles. The second kappa shape index (κ2) is 6.24. The van der Waals surface area contributed by atoms with Gasteiger partial charge in [-0.05, 0) is 52.6 Å². The molecule has 0 spiro atoms. The van der Waals surface area contributed by atoms with E-state index < -0.39 is 0 Å². The van der Waals surface area contributed by atoms with E-state index in [0.717, 1.165) is 19.3 Å². The summed E-state index contributed by atoms with van der Waals surface area (Å²) < 4.78 is 0. The van der Waals surface area contributed by atoms with Crippen LogP contribution >= 0.6 is 0 Å². The predicted molar refractivity (Wildman–Crippen MR) is 68.7 cm³/mol. The van der Waals surface area contributed by atoms with Gasteiger partial charge in [-0.25, -0.2) is 0 Å². The Morgan fingerprint density at radius 3 is 2.56 bits per heavy atom. The van der Waals surface area contributed by atoms with E-state index in [1.807, 2.05) is 0 Å². The number of nitrogens with zero attached hydrogens (tertiary/aromatic N) is 1. The maximum atomic E-state index is 5.68. The quantitative estimate of drug-likeness (QED) is 0.310. The minimum absolute atomic E-state index is 0.125. The topological polar surface area (TPSA) is 41.3 Å². The molecule has 0 radical (unpaired) electrons. The van der Waals surface area contributed by atoms with E-state index in [-0.39, 0.29) is 5.54 Å². The van der Waals surface area contributed by atoms with Crippen LogP contribution in [0.2, 0.25) is 0 Å². The lowest BCUT2D eigenvalue weighted by atomic mass is 9.89. The lowest BCUT2D eigenvalue weighted by molar-refractivity contribution is 0.102. The Kier molecular flexibility index (Phi) is 5.27. The third-order valence-corrected chi connectivity index (χ3v) is 3.79. The number of likely N-dealkylation sites (tertiary alicyclic amines) is 1. The number of hydrogen-bond donors (Lipinski definition) is 2. The van der Waals surface area contributed by atoms with Gasteiger partial charge in [0.25, 0.3) is 0 Å². The van der Waals surface area contributed by atoms with Crippen LogP contribution in [-0.4, -0.2) is 29.6 Å². The van der Waals surface area contributed by atoms with E-state index in [0.29, 0.717) is 6.04 Å². The van der Waals surface area contributed by atoms with Gasteiger partial charge in [0, 0.05) is 18.0 Å². The van der Waals surface area contributed by atoms with Crippen LogP contribution in [0.25, 0.3) is 0 Å². The lowest BCUT2D eigenvalue weighted by Gasteiger charge is -2.42. The van der Waals surface area contributed by atoms with Gasteiger partial charge in [0.2, 0.25) is 0 Å². The number of terminal acetylenes is 1. The van der Waals surface area contributed by atoms with Crippen LogP contribution in [-0.2, 0) is 0 Å². The molecular formula is C13H25N3. The smallest absolute Gasteiger partial charge is 0.0389 e. The van der Waals surface area contributed by atoms with Crippen molar-refractivity contribution in [1.82, 2.24) is 10.3 Å². The molecule has 0 saturated carbocycles. The molecule has 1 aliphatic rings. The molecule has 1 unspecified atom stereocenters. The summed E-state index contributed by atoms with van der Waals surface area (Å²) in [7, 11) is 0. The molecule has 3 heteroatoms. The van der Waals surface area contributed by atoms with Crippen molar-refractivity contribution >= 4 is 0 Å². The van der Waals surface area contributed by atoms with Crippen molar-refractivity contribution in [3.05, 3.63) is 0 Å². The first kappa shape index (κ1) is 13.5. The first-order chi connectivity index (χ1) is 7.62. The van der Waals surface area contributed by atoms with Gasteiger partial charge in [-0.3, -0.25) is 16.2 Å². The minimum Gasteiger partial charge on any atom is -0.297 e. The van der Waals surface area contributed by atoms with Crippen LogP contribution in [0.3, 0.4) is 0 Å². The molecule has 0 aliphatic carbocycles. The number of hydrogen-bond acceptors (Lipinski definition) is 3. The first-order valence-electron chi connectivity index (χ1n) is 6.27. The SMILES string of the molecule is C#CCCCC(NN)C(C)(C)N1CCCC1. The zero-order chi connectivity index (χ0) is 12.0. The molecule has 16 heavy (non-hydrogen) atoms. The standard InChI is InChI=1S/C13H25N3/c1-4-5-6-9-12(15-14)13(2,3)16-10-7-8-11-16/h1,12,15H,5-11,14H2,2-3H3. The van der Waals surface area contributed by atoms with Crippen LogP contribution in [0, 0.1) is 12.3 Å². The third-order valence-electron chi connectivity index (χ3n) is 3.79. The lowest BCUT2D eigenvalue weighted by Crippen LogP contribution is -2.58. The van der Waals surface area contributed by atoms with E-state index >= 15 is 0 Å². The summed E-state index contributed by atoms with van der Waals surface area (Å²) in [6, 6.07) is 0.318. The number of rotatable bonds is 6. The van der Waals surface area contributed by atoms with E-state index in [4.69, 9.17) is 12.3 Å². The molecule has 0 aromatic rings. The van der Waals surface area contributed by atoms with Crippen molar-refractivity contribution in [3.63, 3.8) is 0 Å². The Labute approximate surface area is 99.7 Å². The van der Waals surface area contributed by atoms with E-state index in [9.17, 15) is 0 Å². The van der Waals surface area contributed by atoms with Crippen molar-refractivity contribution in [2.45, 2.75) is 57.5 Å². The molecule has 3 nitrogen and oxygen atoms in total. The largest absolute Gasteiger partial charge is 0.297 e. The monoisotopic (exact) mass is 223 g/mol. The van der Waals surface area contributed by atoms with Gasteiger partial charge in [-0.2, -0.15) is 0 Å². The van der Waals surface area contributed by atoms with Gasteiger partial charge >= 0.3 is 0 Å². The maximum absolute atomic E-state index is 5.68. The molecule has 1 rings (SSSR count). The fraction of sp³-hybridized carbons (Fsp3) is 0.846. The van der Waals surface area contributed by atoms with Gasteiger partial charge in [0.15, 0.2) is 0 Å². The highest BCUT2D eigenvalue weighted by Crippen LogP contribution is 2.26. The fourth-order valence-electron chi connectivity index (χ4n) is 2.56. The molecule has 1 aliphatic heterocycles. The van der Waals surface area contributed by atoms with Crippen LogP contribution < -0.4 is 11.3 Å². The van der Waals surface area contributed by atoms with Gasteiger partial charge < -0.3 is 0 Å². The maximum Gasteiger partial charge on any atom is 0.0389 e. The Morgan fingerprint density at radius 2 is 2.06 bits per heavy atom. The fourth-order valence-corrected chi connectivity index (χ4v) is 2.56. The van der Waals surface area contributed by atoms with Crippen LogP contribution in [0.4, 0.5) is 0 Å². The third kappa shape index (κ3) is 3.21. The van der Waals surface area contributed by atoms with Crippen molar-refractivity contribution in [2.24, 2.45) is 5.84 Å². The van der Waals surface area contributed by atoms with Crippen LogP contribution in [0.15, 0.2) is 0 Å². The van der Waals surface area contributed by atoms with Crippen molar-refractivity contribution in [3.8, 4) is 12.3 Å². The van der Waals surface area contributed by atoms with E-state index in [2.05, 4.69) is 30.1 Å². The second-order valence-corrected chi connectivity index (χ2v) is 5.16.